The number of hydrogen-bond donors (Lipinski definition) is 0. The van der Waals surface area contributed by atoms with Crippen LogP contribution >= 0.6 is 0 Å². The molecule has 3 aromatic rings. The predicted octanol–water partition coefficient (Wildman–Crippen LogP) is 2.34. The molecule has 0 unspecified atom stereocenters. The van der Waals surface area contributed by atoms with E-state index < -0.39 is 0 Å². The van der Waals surface area contributed by atoms with Gasteiger partial charge in [0.25, 0.3) is 0 Å². The number of hydrogen-bond acceptors (Lipinski definition) is 4. The monoisotopic (exact) mass is 239 g/mol. The fourth-order valence-corrected chi connectivity index (χ4v) is 1.70. The van der Waals surface area contributed by atoms with Crippen LogP contribution in [0.15, 0.2) is 53.2 Å². The molecule has 88 valence electrons. The van der Waals surface area contributed by atoms with E-state index in [1.54, 1.807) is 24.5 Å². The molecule has 1 aromatic carbocycles. The van der Waals surface area contributed by atoms with Gasteiger partial charge in [0, 0.05) is 5.56 Å². The van der Waals surface area contributed by atoms with Gasteiger partial charge in [-0.1, -0.05) is 12.1 Å². The lowest BCUT2D eigenvalue weighted by Crippen LogP contribution is -1.97. The Morgan fingerprint density at radius 3 is 2.67 bits per heavy atom. The molecule has 0 fully saturated rings. The zero-order valence-corrected chi connectivity index (χ0v) is 9.35. The smallest absolute Gasteiger partial charge is 0.185 e. The Morgan fingerprint density at radius 1 is 1.11 bits per heavy atom. The molecule has 0 saturated carbocycles. The maximum atomic E-state index is 10.6. The Labute approximate surface area is 103 Å². The average molecular weight is 239 g/mol. The van der Waals surface area contributed by atoms with Gasteiger partial charge < -0.3 is 4.42 Å². The lowest BCUT2D eigenvalue weighted by atomic mass is 10.1. The van der Waals surface area contributed by atoms with Gasteiger partial charge in [0.1, 0.15) is 5.76 Å². The number of aromatic nitrogens is 3. The number of furan rings is 1. The predicted molar refractivity (Wildman–Crippen MR) is 64.4 cm³/mol. The van der Waals surface area contributed by atoms with Crippen molar-refractivity contribution in [2.45, 2.75) is 0 Å². The fraction of sp³-hybridized carbons (Fsp3) is 0. The quantitative estimate of drug-likeness (QED) is 0.658. The molecule has 5 heteroatoms. The first kappa shape index (κ1) is 10.5. The summed E-state index contributed by atoms with van der Waals surface area (Å²) in [6, 6.07) is 11.0. The van der Waals surface area contributed by atoms with Gasteiger partial charge in [0.05, 0.1) is 18.1 Å². The summed E-state index contributed by atoms with van der Waals surface area (Å²) in [7, 11) is 0. The van der Waals surface area contributed by atoms with E-state index >= 15 is 0 Å². The largest absolute Gasteiger partial charge is 0.453 e. The van der Waals surface area contributed by atoms with E-state index in [1.165, 1.54) is 4.80 Å². The van der Waals surface area contributed by atoms with Gasteiger partial charge in [-0.15, -0.1) is 0 Å². The van der Waals surface area contributed by atoms with E-state index in [1.807, 2.05) is 24.3 Å². The highest BCUT2D eigenvalue weighted by molar-refractivity contribution is 5.73. The molecule has 0 atom stereocenters. The van der Waals surface area contributed by atoms with Crippen molar-refractivity contribution in [1.29, 1.82) is 0 Å². The van der Waals surface area contributed by atoms with Crippen LogP contribution in [0.5, 0.6) is 0 Å². The summed E-state index contributed by atoms with van der Waals surface area (Å²) in [6.07, 6.45) is 3.91. The molecule has 0 bridgehead atoms. The second kappa shape index (κ2) is 4.29. The molecule has 0 N–H and O–H groups in total. The van der Waals surface area contributed by atoms with Gasteiger partial charge in [-0.2, -0.15) is 15.0 Å². The van der Waals surface area contributed by atoms with Gasteiger partial charge >= 0.3 is 0 Å². The summed E-state index contributed by atoms with van der Waals surface area (Å²) in [6.45, 7) is 0. The van der Waals surface area contributed by atoms with Gasteiger partial charge in [0.15, 0.2) is 12.0 Å². The van der Waals surface area contributed by atoms with E-state index in [0.717, 1.165) is 11.3 Å². The number of aldehydes is 1. The number of nitrogens with zero attached hydrogens (tertiary/aromatic N) is 3. The Hall–Kier alpha value is -2.69. The highest BCUT2D eigenvalue weighted by Crippen LogP contribution is 2.23. The van der Waals surface area contributed by atoms with Crippen molar-refractivity contribution in [3.8, 4) is 17.0 Å². The number of benzene rings is 1. The van der Waals surface area contributed by atoms with Crippen molar-refractivity contribution in [3.63, 3.8) is 0 Å². The Morgan fingerprint density at radius 2 is 1.94 bits per heavy atom. The molecule has 5 nitrogen and oxygen atoms in total. The average Bonchev–Trinajstić information content (AvgIpc) is 3.10. The van der Waals surface area contributed by atoms with Crippen LogP contribution in [0.3, 0.4) is 0 Å². The molecule has 0 radical (unpaired) electrons. The number of carbonyl (C=O) groups excluding carboxylic acids is 1. The molecule has 2 aromatic heterocycles. The van der Waals surface area contributed by atoms with Gasteiger partial charge in [0.2, 0.25) is 0 Å². The van der Waals surface area contributed by atoms with E-state index in [9.17, 15) is 4.79 Å². The zero-order chi connectivity index (χ0) is 12.4. The molecule has 3 rings (SSSR count). The van der Waals surface area contributed by atoms with Crippen molar-refractivity contribution >= 4 is 6.29 Å². The Bertz CT molecular complexity index is 671. The summed E-state index contributed by atoms with van der Waals surface area (Å²) in [5.74, 6) is 0.957. The van der Waals surface area contributed by atoms with Crippen LogP contribution in [-0.2, 0) is 0 Å². The van der Waals surface area contributed by atoms with Crippen LogP contribution in [0.4, 0.5) is 0 Å². The Kier molecular flexibility index (Phi) is 2.49. The van der Waals surface area contributed by atoms with Crippen LogP contribution in [0.25, 0.3) is 17.0 Å². The van der Waals surface area contributed by atoms with Crippen LogP contribution in [-0.4, -0.2) is 21.3 Å². The standard InChI is InChI=1S/C13H9N3O2/c17-9-12-4-5-13(18-12)10-2-1-3-11(8-10)16-14-6-7-15-16/h1-9H. The zero-order valence-electron chi connectivity index (χ0n) is 9.35. The van der Waals surface area contributed by atoms with Crippen molar-refractivity contribution < 1.29 is 9.21 Å². The van der Waals surface area contributed by atoms with Gasteiger partial charge in [-0.05, 0) is 24.3 Å². The maximum absolute atomic E-state index is 10.6. The van der Waals surface area contributed by atoms with Gasteiger partial charge in [-0.3, -0.25) is 4.79 Å². The van der Waals surface area contributed by atoms with Crippen molar-refractivity contribution in [1.82, 2.24) is 15.0 Å². The first-order chi connectivity index (χ1) is 8.86. The van der Waals surface area contributed by atoms with E-state index in [2.05, 4.69) is 10.2 Å². The van der Waals surface area contributed by atoms with Crippen LogP contribution in [0, 0.1) is 0 Å². The van der Waals surface area contributed by atoms with Gasteiger partial charge in [-0.25, -0.2) is 0 Å². The van der Waals surface area contributed by atoms with Crippen LogP contribution in [0.2, 0.25) is 0 Å². The molecule has 0 amide bonds. The molecule has 2 heterocycles. The molecule has 0 spiro atoms. The molecule has 18 heavy (non-hydrogen) atoms. The maximum Gasteiger partial charge on any atom is 0.185 e. The third-order valence-electron chi connectivity index (χ3n) is 2.52. The summed E-state index contributed by atoms with van der Waals surface area (Å²) in [4.78, 5) is 12.1. The van der Waals surface area contributed by atoms with Crippen molar-refractivity contribution in [3.05, 3.63) is 54.6 Å². The minimum atomic E-state index is 0.313. The number of carbonyl (C=O) groups is 1. The molecule has 0 aliphatic heterocycles. The van der Waals surface area contributed by atoms with E-state index in [0.29, 0.717) is 17.8 Å². The lowest BCUT2D eigenvalue weighted by molar-refractivity contribution is 0.110. The van der Waals surface area contributed by atoms with Crippen molar-refractivity contribution in [2.24, 2.45) is 0 Å². The summed E-state index contributed by atoms with van der Waals surface area (Å²) in [5.41, 5.74) is 1.71. The topological polar surface area (TPSA) is 60.9 Å². The highest BCUT2D eigenvalue weighted by atomic mass is 16.3. The summed E-state index contributed by atoms with van der Waals surface area (Å²) in [5, 5.41) is 8.12. The third kappa shape index (κ3) is 1.82. The first-order valence-electron chi connectivity index (χ1n) is 5.39. The van der Waals surface area contributed by atoms with Crippen molar-refractivity contribution in [2.75, 3.05) is 0 Å². The normalized spacial score (nSPS) is 10.4. The summed E-state index contributed by atoms with van der Waals surface area (Å²) >= 11 is 0. The highest BCUT2D eigenvalue weighted by Gasteiger charge is 2.06. The molecule has 0 aliphatic carbocycles. The fourth-order valence-electron chi connectivity index (χ4n) is 1.70. The minimum absolute atomic E-state index is 0.313. The number of rotatable bonds is 3. The summed E-state index contributed by atoms with van der Waals surface area (Å²) < 4.78 is 5.37. The first-order valence-corrected chi connectivity index (χ1v) is 5.39. The second-order valence-corrected chi connectivity index (χ2v) is 3.69. The van der Waals surface area contributed by atoms with E-state index in [4.69, 9.17) is 4.42 Å². The SMILES string of the molecule is O=Cc1ccc(-c2cccc(-n3nccn3)c2)o1. The van der Waals surface area contributed by atoms with E-state index in [-0.39, 0.29) is 0 Å². The van der Waals surface area contributed by atoms with Crippen LogP contribution < -0.4 is 0 Å². The second-order valence-electron chi connectivity index (χ2n) is 3.69. The minimum Gasteiger partial charge on any atom is -0.453 e. The Balaban J connectivity index is 2.03. The third-order valence-corrected chi connectivity index (χ3v) is 2.52. The molecule has 0 aliphatic rings. The molecular weight excluding hydrogens is 230 g/mol. The van der Waals surface area contributed by atoms with Crippen LogP contribution in [0.1, 0.15) is 10.6 Å². The molecular formula is C13H9N3O2. The lowest BCUT2D eigenvalue weighted by Gasteiger charge is -2.01. The molecule has 0 saturated heterocycles.